The van der Waals surface area contributed by atoms with E-state index in [0.717, 1.165) is 24.4 Å². The molecular weight excluding hydrogens is 667 g/mol. The third kappa shape index (κ3) is 9.20. The van der Waals surface area contributed by atoms with E-state index in [0.29, 0.717) is 26.2 Å². The Kier molecular flexibility index (Phi) is 12.3. The van der Waals surface area contributed by atoms with Crippen molar-refractivity contribution in [2.75, 3.05) is 45.7 Å². The predicted molar refractivity (Wildman–Crippen MR) is 174 cm³/mol. The van der Waals surface area contributed by atoms with Crippen molar-refractivity contribution in [3.8, 4) is 5.88 Å². The Labute approximate surface area is 286 Å². The van der Waals surface area contributed by atoms with Crippen molar-refractivity contribution in [2.45, 2.75) is 69.8 Å². The monoisotopic (exact) mass is 708 g/mol. The number of hydrogen-bond acceptors (Lipinski definition) is 7. The number of halogens is 5. The van der Waals surface area contributed by atoms with Crippen molar-refractivity contribution in [3.05, 3.63) is 53.5 Å². The normalized spacial score (nSPS) is 18.6. The molecule has 50 heavy (non-hydrogen) atoms. The van der Waals surface area contributed by atoms with Gasteiger partial charge < -0.3 is 25.2 Å². The number of amides is 4. The van der Waals surface area contributed by atoms with Gasteiger partial charge in [0.2, 0.25) is 23.6 Å². The van der Waals surface area contributed by atoms with E-state index in [-0.39, 0.29) is 42.1 Å². The Morgan fingerprint density at radius 2 is 1.74 bits per heavy atom. The SMILES string of the molecule is CCC(=O)N=C(C(=O)N1CCN(C)CC1)[C@@H](C)c1ccc(NC(=O)[C@@H](NC(=O)C(F)(F)c2ccc(OC)nc2)C2CCC(F)(F)CC2)c(F)c1. The molecule has 0 unspecified atom stereocenters. The number of benzene rings is 1. The van der Waals surface area contributed by atoms with Gasteiger partial charge in [0.15, 0.2) is 0 Å². The van der Waals surface area contributed by atoms with Crippen LogP contribution in [-0.2, 0) is 25.1 Å². The molecule has 11 nitrogen and oxygen atoms in total. The molecule has 1 aliphatic heterocycles. The summed E-state index contributed by atoms with van der Waals surface area (Å²) in [6.45, 7) is 5.27. The quantitative estimate of drug-likeness (QED) is 0.259. The molecule has 2 fully saturated rings. The van der Waals surface area contributed by atoms with E-state index in [2.05, 4.69) is 15.3 Å². The average Bonchev–Trinajstić information content (AvgIpc) is 3.10. The highest BCUT2D eigenvalue weighted by molar-refractivity contribution is 6.42. The first kappa shape index (κ1) is 38.3. The average molecular weight is 709 g/mol. The van der Waals surface area contributed by atoms with Crippen LogP contribution in [0, 0.1) is 11.7 Å². The molecule has 0 spiro atoms. The van der Waals surface area contributed by atoms with Gasteiger partial charge in [-0.1, -0.05) is 19.9 Å². The zero-order valence-electron chi connectivity index (χ0n) is 28.3. The Bertz CT molecular complexity index is 1590. The third-order valence-electron chi connectivity index (χ3n) is 9.11. The molecule has 272 valence electrons. The lowest BCUT2D eigenvalue weighted by atomic mass is 9.81. The number of carbonyl (C=O) groups is 4. The summed E-state index contributed by atoms with van der Waals surface area (Å²) in [6.07, 6.45) is -1.01. The topological polar surface area (TPSA) is 133 Å². The lowest BCUT2D eigenvalue weighted by Crippen LogP contribution is -2.53. The van der Waals surface area contributed by atoms with Crippen LogP contribution in [0.4, 0.5) is 27.6 Å². The summed E-state index contributed by atoms with van der Waals surface area (Å²) >= 11 is 0. The van der Waals surface area contributed by atoms with Crippen LogP contribution in [0.15, 0.2) is 41.5 Å². The summed E-state index contributed by atoms with van der Waals surface area (Å²) in [5, 5.41) is 4.32. The van der Waals surface area contributed by atoms with E-state index in [1.165, 1.54) is 19.2 Å². The second-order valence-electron chi connectivity index (χ2n) is 12.6. The fourth-order valence-corrected chi connectivity index (χ4v) is 5.83. The number of methoxy groups -OCH3 is 1. The first-order chi connectivity index (χ1) is 23.6. The molecular formula is C34H41F5N6O5. The molecule has 2 aliphatic rings. The Balaban J connectivity index is 1.56. The van der Waals surface area contributed by atoms with E-state index in [4.69, 9.17) is 4.74 Å². The molecule has 2 aromatic rings. The molecule has 4 amide bonds. The van der Waals surface area contributed by atoms with Gasteiger partial charge in [-0.2, -0.15) is 8.78 Å². The van der Waals surface area contributed by atoms with Gasteiger partial charge in [0, 0.05) is 69.2 Å². The minimum atomic E-state index is -4.17. The van der Waals surface area contributed by atoms with Gasteiger partial charge in [0.1, 0.15) is 17.6 Å². The number of aromatic nitrogens is 1. The highest BCUT2D eigenvalue weighted by Crippen LogP contribution is 2.38. The summed E-state index contributed by atoms with van der Waals surface area (Å²) in [6, 6.07) is 3.97. The number of piperazine rings is 1. The van der Waals surface area contributed by atoms with E-state index in [1.54, 1.807) is 18.7 Å². The highest BCUT2D eigenvalue weighted by Gasteiger charge is 2.46. The van der Waals surface area contributed by atoms with Crippen LogP contribution in [-0.4, -0.2) is 96.4 Å². The van der Waals surface area contributed by atoms with Crippen LogP contribution < -0.4 is 15.4 Å². The van der Waals surface area contributed by atoms with Crippen LogP contribution in [0.3, 0.4) is 0 Å². The standard InChI is InChI=1S/C34H41F5N6O5/c1-5-26(46)42-28(31(48)45-16-14-44(3)15-17-45)20(2)22-6-8-25(24(35)18-22)41-30(47)29(21-10-12-33(36,37)13-11-21)43-32(49)34(38,39)23-7-9-27(50-4)40-19-23/h6-9,18-21,29H,5,10-17H2,1-4H3,(H,41,47)(H,43,49)/t20-,29-/m0/s1. The molecule has 2 atom stereocenters. The zero-order chi connectivity index (χ0) is 36.8. The molecule has 16 heteroatoms. The molecule has 0 bridgehead atoms. The number of anilines is 1. The minimum absolute atomic E-state index is 0.0207. The van der Waals surface area contributed by atoms with Crippen molar-refractivity contribution in [1.29, 1.82) is 0 Å². The highest BCUT2D eigenvalue weighted by atomic mass is 19.3. The number of aliphatic imine (C=N–C) groups is 1. The molecule has 1 aromatic heterocycles. The minimum Gasteiger partial charge on any atom is -0.481 e. The Morgan fingerprint density at radius 1 is 1.08 bits per heavy atom. The lowest BCUT2D eigenvalue weighted by Gasteiger charge is -2.34. The fourth-order valence-electron chi connectivity index (χ4n) is 5.83. The van der Waals surface area contributed by atoms with Crippen molar-refractivity contribution >= 4 is 35.0 Å². The number of ether oxygens (including phenoxy) is 1. The molecule has 1 saturated heterocycles. The van der Waals surface area contributed by atoms with Gasteiger partial charge in [-0.05, 0) is 49.6 Å². The van der Waals surface area contributed by atoms with Gasteiger partial charge in [-0.15, -0.1) is 0 Å². The maximum Gasteiger partial charge on any atom is 0.351 e. The van der Waals surface area contributed by atoms with Crippen molar-refractivity contribution in [2.24, 2.45) is 10.9 Å². The maximum atomic E-state index is 15.6. The van der Waals surface area contributed by atoms with Crippen molar-refractivity contribution < 1.29 is 45.9 Å². The van der Waals surface area contributed by atoms with Gasteiger partial charge in [-0.25, -0.2) is 23.1 Å². The number of alkyl halides is 4. The lowest BCUT2D eigenvalue weighted by molar-refractivity contribution is -0.150. The Morgan fingerprint density at radius 3 is 2.30 bits per heavy atom. The van der Waals surface area contributed by atoms with Crippen molar-refractivity contribution in [1.82, 2.24) is 20.1 Å². The summed E-state index contributed by atoms with van der Waals surface area (Å²) in [5.74, 6) is -13.9. The molecule has 4 rings (SSSR count). The van der Waals surface area contributed by atoms with E-state index < -0.39 is 77.6 Å². The number of rotatable bonds is 11. The third-order valence-corrected chi connectivity index (χ3v) is 9.11. The maximum absolute atomic E-state index is 15.6. The summed E-state index contributed by atoms with van der Waals surface area (Å²) < 4.78 is 78.8. The zero-order valence-corrected chi connectivity index (χ0v) is 28.3. The van der Waals surface area contributed by atoms with Gasteiger partial charge in [0.25, 0.3) is 11.8 Å². The molecule has 1 aromatic carbocycles. The molecule has 1 aliphatic carbocycles. The smallest absolute Gasteiger partial charge is 0.351 e. The van der Waals surface area contributed by atoms with Crippen LogP contribution in [0.1, 0.15) is 63.0 Å². The second kappa shape index (κ2) is 16.0. The number of pyridine rings is 1. The molecule has 0 radical (unpaired) electrons. The first-order valence-corrected chi connectivity index (χ1v) is 16.3. The second-order valence-corrected chi connectivity index (χ2v) is 12.6. The first-order valence-electron chi connectivity index (χ1n) is 16.3. The van der Waals surface area contributed by atoms with Crippen LogP contribution in [0.5, 0.6) is 5.88 Å². The predicted octanol–water partition coefficient (Wildman–Crippen LogP) is 4.53. The fraction of sp³-hybridized carbons (Fsp3) is 0.529. The van der Waals surface area contributed by atoms with E-state index in [1.807, 2.05) is 17.3 Å². The number of likely N-dealkylation sites (N-methyl/N-ethyl adjacent to an activating group) is 1. The largest absolute Gasteiger partial charge is 0.481 e. The van der Waals surface area contributed by atoms with Crippen LogP contribution in [0.25, 0.3) is 0 Å². The van der Waals surface area contributed by atoms with Crippen LogP contribution in [0.2, 0.25) is 0 Å². The number of hydrogen-bond donors (Lipinski definition) is 2. The van der Waals surface area contributed by atoms with Crippen molar-refractivity contribution in [3.63, 3.8) is 0 Å². The van der Waals surface area contributed by atoms with Gasteiger partial charge in [0.05, 0.1) is 12.8 Å². The number of carbonyl (C=O) groups excluding carboxylic acids is 4. The summed E-state index contributed by atoms with van der Waals surface area (Å²) in [7, 11) is 3.20. The summed E-state index contributed by atoms with van der Waals surface area (Å²) in [5.41, 5.74) is -0.985. The molecule has 2 N–H and O–H groups in total. The summed E-state index contributed by atoms with van der Waals surface area (Å²) in [4.78, 5) is 63.5. The van der Waals surface area contributed by atoms with E-state index in [9.17, 15) is 28.0 Å². The number of nitrogens with zero attached hydrogens (tertiary/aromatic N) is 4. The van der Waals surface area contributed by atoms with E-state index >= 15 is 13.2 Å². The van der Waals surface area contributed by atoms with Crippen LogP contribution >= 0.6 is 0 Å². The van der Waals surface area contributed by atoms with Gasteiger partial charge >= 0.3 is 5.92 Å². The molecule has 2 heterocycles. The van der Waals surface area contributed by atoms with Gasteiger partial charge in [-0.3, -0.25) is 19.2 Å². The Hall–Kier alpha value is -4.47. The molecule has 1 saturated carbocycles. The number of nitrogens with one attached hydrogen (secondary N) is 2.